The van der Waals surface area contributed by atoms with Gasteiger partial charge in [-0.25, -0.2) is 14.8 Å². The number of carboxylic acids is 1. The Balaban J connectivity index is 1.48. The number of thiazole rings is 1. The van der Waals surface area contributed by atoms with Gasteiger partial charge in [-0.2, -0.15) is 0 Å². The monoisotopic (exact) mass is 541 g/mol. The van der Waals surface area contributed by atoms with Crippen LogP contribution in [-0.2, 0) is 11.3 Å². The van der Waals surface area contributed by atoms with Gasteiger partial charge in [0.15, 0.2) is 23.2 Å². The number of aliphatic carboxylic acids is 1. The zero-order chi connectivity index (χ0) is 26.7. The molecule has 0 aliphatic rings. The zero-order valence-corrected chi connectivity index (χ0v) is 22.2. The number of hydrogen-bond acceptors (Lipinski definition) is 10. The van der Waals surface area contributed by atoms with Crippen LogP contribution in [0.1, 0.15) is 12.0 Å². The molecule has 0 fully saturated rings. The molecule has 0 saturated heterocycles. The highest BCUT2D eigenvalue weighted by atomic mass is 32.1. The molecule has 0 aliphatic heterocycles. The van der Waals surface area contributed by atoms with E-state index in [-0.39, 0.29) is 0 Å². The number of benzene rings is 1. The second-order valence-electron chi connectivity index (χ2n) is 8.59. The molecule has 1 aromatic carbocycles. The van der Waals surface area contributed by atoms with Gasteiger partial charge in [0, 0.05) is 35.4 Å². The number of anilines is 3. The van der Waals surface area contributed by atoms with Gasteiger partial charge in [-0.05, 0) is 45.7 Å². The van der Waals surface area contributed by atoms with Crippen LogP contribution in [0.2, 0.25) is 0 Å². The molecule has 6 N–H and O–H groups in total. The highest BCUT2D eigenvalue weighted by molar-refractivity contribution is 7.13. The summed E-state index contributed by atoms with van der Waals surface area (Å²) in [4.78, 5) is 28.6. The third kappa shape index (κ3) is 7.54. The number of aromatic nitrogens is 4. The number of fused-ring (bicyclic) bond motifs is 1. The molecule has 0 amide bonds. The molecule has 202 valence electrons. The van der Waals surface area contributed by atoms with Gasteiger partial charge in [0.1, 0.15) is 12.0 Å². The Labute approximate surface area is 224 Å². The molecule has 38 heavy (non-hydrogen) atoms. The SMILES string of the molecule is CNCCCN(C)Cc1c[nH]c2[nH+]cnc(Nc3ccc(OCCNc4nccs4)c(OCC(=O)O)c3)c12. The highest BCUT2D eigenvalue weighted by Gasteiger charge is 2.18. The molecule has 3 heterocycles. The first kappa shape index (κ1) is 27.1. The summed E-state index contributed by atoms with van der Waals surface area (Å²) in [7, 11) is 4.05. The molecular weight excluding hydrogens is 508 g/mol. The van der Waals surface area contributed by atoms with Gasteiger partial charge in [-0.3, -0.25) is 4.98 Å². The van der Waals surface area contributed by atoms with Gasteiger partial charge >= 0.3 is 5.97 Å². The van der Waals surface area contributed by atoms with Crippen LogP contribution < -0.4 is 30.4 Å². The van der Waals surface area contributed by atoms with E-state index in [4.69, 9.17) is 14.6 Å². The summed E-state index contributed by atoms with van der Waals surface area (Å²) < 4.78 is 11.4. The van der Waals surface area contributed by atoms with Gasteiger partial charge < -0.3 is 35.4 Å². The lowest BCUT2D eigenvalue weighted by Crippen LogP contribution is -2.22. The average molecular weight is 542 g/mol. The van der Waals surface area contributed by atoms with Gasteiger partial charge in [0.05, 0.1) is 12.7 Å². The predicted molar refractivity (Wildman–Crippen MR) is 146 cm³/mol. The minimum atomic E-state index is -1.07. The van der Waals surface area contributed by atoms with E-state index in [2.05, 4.69) is 47.8 Å². The Morgan fingerprint density at radius 1 is 1.24 bits per heavy atom. The number of hydrogen-bond donors (Lipinski definition) is 5. The van der Waals surface area contributed by atoms with Gasteiger partial charge in [-0.1, -0.05) is 4.98 Å². The highest BCUT2D eigenvalue weighted by Crippen LogP contribution is 2.33. The summed E-state index contributed by atoms with van der Waals surface area (Å²) in [6.07, 6.45) is 6.39. The first-order valence-electron chi connectivity index (χ1n) is 12.2. The molecule has 4 aromatic rings. The molecule has 0 atom stereocenters. The molecule has 0 radical (unpaired) electrons. The molecule has 13 heteroatoms. The van der Waals surface area contributed by atoms with Crippen molar-refractivity contribution in [2.24, 2.45) is 0 Å². The second-order valence-corrected chi connectivity index (χ2v) is 9.49. The topological polar surface area (TPSA) is 151 Å². The number of H-pyrrole nitrogens is 2. The fourth-order valence-corrected chi connectivity index (χ4v) is 4.47. The molecule has 3 aromatic heterocycles. The summed E-state index contributed by atoms with van der Waals surface area (Å²) in [5.74, 6) is 0.369. The normalized spacial score (nSPS) is 11.1. The summed E-state index contributed by atoms with van der Waals surface area (Å²) in [6, 6.07) is 5.31. The average Bonchev–Trinajstić information content (AvgIpc) is 3.57. The van der Waals surface area contributed by atoms with E-state index in [1.165, 1.54) is 11.3 Å². The Morgan fingerprint density at radius 3 is 2.92 bits per heavy atom. The van der Waals surface area contributed by atoms with Crippen LogP contribution in [0.15, 0.2) is 42.3 Å². The third-order valence-corrected chi connectivity index (χ3v) is 6.36. The molecule has 0 saturated carbocycles. The minimum Gasteiger partial charge on any atom is -0.488 e. The van der Waals surface area contributed by atoms with Crippen LogP contribution >= 0.6 is 11.3 Å². The summed E-state index contributed by atoms with van der Waals surface area (Å²) in [5, 5.41) is 22.5. The maximum Gasteiger partial charge on any atom is 0.341 e. The van der Waals surface area contributed by atoms with Gasteiger partial charge in [0.2, 0.25) is 17.8 Å². The molecule has 4 rings (SSSR count). The first-order chi connectivity index (χ1) is 18.5. The van der Waals surface area contributed by atoms with Crippen molar-refractivity contribution >= 4 is 45.0 Å². The maximum atomic E-state index is 11.2. The third-order valence-electron chi connectivity index (χ3n) is 5.63. The maximum absolute atomic E-state index is 11.2. The number of aromatic amines is 2. The Hall–Kier alpha value is -3.94. The van der Waals surface area contributed by atoms with Crippen molar-refractivity contribution < 1.29 is 24.4 Å². The predicted octanol–water partition coefficient (Wildman–Crippen LogP) is 2.57. The van der Waals surface area contributed by atoms with E-state index < -0.39 is 12.6 Å². The van der Waals surface area contributed by atoms with Crippen molar-refractivity contribution in [1.29, 1.82) is 0 Å². The Kier molecular flexibility index (Phi) is 9.67. The van der Waals surface area contributed by atoms with E-state index in [1.54, 1.807) is 24.7 Å². The van der Waals surface area contributed by atoms with Crippen LogP contribution in [-0.4, -0.2) is 77.9 Å². The Bertz CT molecular complexity index is 1310. The smallest absolute Gasteiger partial charge is 0.341 e. The second kappa shape index (κ2) is 13.6. The van der Waals surface area contributed by atoms with Gasteiger partial charge in [-0.15, -0.1) is 11.3 Å². The zero-order valence-electron chi connectivity index (χ0n) is 21.4. The lowest BCUT2D eigenvalue weighted by Gasteiger charge is -2.16. The number of nitrogens with zero attached hydrogens (tertiary/aromatic N) is 3. The molecule has 0 aliphatic carbocycles. The standard InChI is InChI=1S/C25H32N8O4S/c1-26-6-3-9-33(2)14-17-13-29-23-22(17)24(31-16-30-23)32-18-4-5-19(20(12-18)37-15-21(34)35)36-10-7-27-25-28-8-11-38-25/h4-5,8,11-13,16,26H,3,6-7,9-10,14-15H2,1-2H3,(H,27,28)(H,34,35)(H2,29,30,31,32)/p+1. The number of carboxylic acid groups (broad SMARTS) is 1. The van der Waals surface area contributed by atoms with E-state index in [9.17, 15) is 4.79 Å². The van der Waals surface area contributed by atoms with Crippen LogP contribution in [0, 0.1) is 0 Å². The van der Waals surface area contributed by atoms with E-state index in [1.807, 2.05) is 24.7 Å². The Morgan fingerprint density at radius 2 is 2.13 bits per heavy atom. The van der Waals surface area contributed by atoms with Crippen molar-refractivity contribution in [3.05, 3.63) is 47.9 Å². The summed E-state index contributed by atoms with van der Waals surface area (Å²) in [6.45, 7) is 3.09. The first-order valence-corrected chi connectivity index (χ1v) is 13.1. The van der Waals surface area contributed by atoms with Crippen molar-refractivity contribution in [3.8, 4) is 11.5 Å². The van der Waals surface area contributed by atoms with Crippen LogP contribution in [0.3, 0.4) is 0 Å². The van der Waals surface area contributed by atoms with Crippen molar-refractivity contribution in [2.45, 2.75) is 13.0 Å². The number of ether oxygens (including phenoxy) is 2. The summed E-state index contributed by atoms with van der Waals surface area (Å²) >= 11 is 1.50. The molecule has 12 nitrogen and oxygen atoms in total. The van der Waals surface area contributed by atoms with E-state index >= 15 is 0 Å². The lowest BCUT2D eigenvalue weighted by atomic mass is 10.2. The van der Waals surface area contributed by atoms with E-state index in [0.717, 1.165) is 47.8 Å². The van der Waals surface area contributed by atoms with Crippen LogP contribution in [0.5, 0.6) is 11.5 Å². The number of nitrogens with one attached hydrogen (secondary N) is 5. The largest absolute Gasteiger partial charge is 0.488 e. The molecule has 0 bridgehead atoms. The number of rotatable bonds is 16. The molecule has 0 unspecified atom stereocenters. The lowest BCUT2D eigenvalue weighted by molar-refractivity contribution is -0.352. The van der Waals surface area contributed by atoms with E-state index in [0.29, 0.717) is 36.2 Å². The summed E-state index contributed by atoms with van der Waals surface area (Å²) in [5.41, 5.74) is 2.65. The fourth-order valence-electron chi connectivity index (χ4n) is 3.91. The van der Waals surface area contributed by atoms with Crippen molar-refractivity contribution in [1.82, 2.24) is 25.2 Å². The van der Waals surface area contributed by atoms with Crippen molar-refractivity contribution in [2.75, 3.05) is 57.6 Å². The quantitative estimate of drug-likeness (QED) is 0.134. The fraction of sp³-hybridized carbons (Fsp3) is 0.360. The van der Waals surface area contributed by atoms with Crippen LogP contribution in [0.25, 0.3) is 11.0 Å². The molecular formula is C25H33N8O4S+. The minimum absolute atomic E-state index is 0.323. The van der Waals surface area contributed by atoms with Crippen molar-refractivity contribution in [3.63, 3.8) is 0 Å². The number of carbonyl (C=O) groups is 1. The van der Waals surface area contributed by atoms with Gasteiger partial charge in [0.25, 0.3) is 0 Å². The van der Waals surface area contributed by atoms with Crippen LogP contribution in [0.4, 0.5) is 16.6 Å². The molecule has 0 spiro atoms.